The number of rotatable bonds is 0. The van der Waals surface area contributed by atoms with Crippen LogP contribution in [-0.4, -0.2) is 5.97 Å². The molecular formula is C15H20O2. The molecule has 1 heterocycles. The average Bonchev–Trinajstić information content (AvgIpc) is 2.52. The molecule has 0 radical (unpaired) electrons. The molecule has 17 heavy (non-hydrogen) atoms. The van der Waals surface area contributed by atoms with Gasteiger partial charge in [0.1, 0.15) is 5.76 Å². The first-order valence-corrected chi connectivity index (χ1v) is 6.63. The molecule has 0 spiro atoms. The van der Waals surface area contributed by atoms with Crippen LogP contribution in [0.15, 0.2) is 24.0 Å². The Morgan fingerprint density at radius 1 is 1.53 bits per heavy atom. The Hall–Kier alpha value is -1.05. The fraction of sp³-hybridized carbons (Fsp3) is 0.667. The van der Waals surface area contributed by atoms with Crippen LogP contribution in [0.5, 0.6) is 0 Å². The van der Waals surface area contributed by atoms with Crippen molar-refractivity contribution < 1.29 is 9.53 Å². The number of hydrogen-bond acceptors (Lipinski definition) is 2. The quantitative estimate of drug-likeness (QED) is 0.472. The number of carbonyl (C=O) groups excluding carboxylic acids is 1. The average molecular weight is 232 g/mol. The van der Waals surface area contributed by atoms with E-state index in [1.165, 1.54) is 18.4 Å². The van der Waals surface area contributed by atoms with Gasteiger partial charge in [0, 0.05) is 5.92 Å². The van der Waals surface area contributed by atoms with Crippen LogP contribution >= 0.6 is 0 Å². The van der Waals surface area contributed by atoms with Crippen LogP contribution in [0.25, 0.3) is 0 Å². The monoisotopic (exact) mass is 232 g/mol. The van der Waals surface area contributed by atoms with Crippen molar-refractivity contribution in [1.29, 1.82) is 0 Å². The van der Waals surface area contributed by atoms with Gasteiger partial charge in [0.25, 0.3) is 0 Å². The predicted octanol–water partition coefficient (Wildman–Crippen LogP) is 3.45. The molecule has 1 aliphatic heterocycles. The second-order valence-corrected chi connectivity index (χ2v) is 6.17. The lowest BCUT2D eigenvalue weighted by Crippen LogP contribution is -2.36. The predicted molar refractivity (Wildman–Crippen MR) is 66.0 cm³/mol. The summed E-state index contributed by atoms with van der Waals surface area (Å²) in [4.78, 5) is 11.6. The lowest BCUT2D eigenvalue weighted by molar-refractivity contribution is -0.138. The van der Waals surface area contributed by atoms with E-state index in [0.29, 0.717) is 11.8 Å². The summed E-state index contributed by atoms with van der Waals surface area (Å²) in [5, 5.41) is 0. The zero-order valence-electron chi connectivity index (χ0n) is 10.7. The molecule has 2 nitrogen and oxygen atoms in total. The zero-order valence-corrected chi connectivity index (χ0v) is 10.7. The molecule has 1 saturated heterocycles. The van der Waals surface area contributed by atoms with Crippen LogP contribution in [0.4, 0.5) is 0 Å². The van der Waals surface area contributed by atoms with E-state index in [-0.39, 0.29) is 17.3 Å². The Balaban J connectivity index is 2.00. The summed E-state index contributed by atoms with van der Waals surface area (Å²) in [6.07, 6.45) is 6.84. The molecule has 0 aromatic rings. The van der Waals surface area contributed by atoms with E-state index in [0.717, 1.165) is 18.6 Å². The molecule has 0 amide bonds. The Morgan fingerprint density at radius 3 is 3.06 bits per heavy atom. The molecule has 1 saturated carbocycles. The van der Waals surface area contributed by atoms with Crippen LogP contribution in [0.2, 0.25) is 0 Å². The molecule has 3 aliphatic rings. The summed E-state index contributed by atoms with van der Waals surface area (Å²) >= 11 is 0. The van der Waals surface area contributed by atoms with Crippen LogP contribution in [0.1, 0.15) is 39.5 Å². The van der Waals surface area contributed by atoms with Crippen molar-refractivity contribution in [3.8, 4) is 0 Å². The summed E-state index contributed by atoms with van der Waals surface area (Å²) in [6.45, 7) is 8.53. The van der Waals surface area contributed by atoms with Gasteiger partial charge in [0.05, 0.1) is 5.92 Å². The summed E-state index contributed by atoms with van der Waals surface area (Å²) < 4.78 is 5.42. The van der Waals surface area contributed by atoms with Crippen molar-refractivity contribution in [2.75, 3.05) is 0 Å². The van der Waals surface area contributed by atoms with E-state index in [2.05, 4.69) is 19.6 Å². The molecule has 3 rings (SSSR count). The number of esters is 1. The zero-order chi connectivity index (χ0) is 12.2. The Morgan fingerprint density at radius 2 is 2.29 bits per heavy atom. The van der Waals surface area contributed by atoms with Gasteiger partial charge in [-0.15, -0.1) is 0 Å². The number of allylic oxidation sites excluding steroid dienone is 3. The van der Waals surface area contributed by atoms with Gasteiger partial charge in [-0.1, -0.05) is 26.0 Å². The van der Waals surface area contributed by atoms with Gasteiger partial charge in [-0.25, -0.2) is 0 Å². The summed E-state index contributed by atoms with van der Waals surface area (Å²) in [5.74, 6) is 1.77. The normalized spacial score (nSPS) is 44.8. The molecule has 92 valence electrons. The number of hydrogen-bond donors (Lipinski definition) is 0. The minimum atomic E-state index is -0.0471. The molecule has 0 aromatic carbocycles. The molecular weight excluding hydrogens is 212 g/mol. The highest BCUT2D eigenvalue weighted by Crippen LogP contribution is 2.55. The minimum absolute atomic E-state index is 0.0283. The highest BCUT2D eigenvalue weighted by atomic mass is 16.5. The summed E-state index contributed by atoms with van der Waals surface area (Å²) in [7, 11) is 0. The third-order valence-corrected chi connectivity index (χ3v) is 5.02. The van der Waals surface area contributed by atoms with E-state index in [9.17, 15) is 4.79 Å². The highest BCUT2D eigenvalue weighted by molar-refractivity contribution is 5.77. The first-order valence-electron chi connectivity index (χ1n) is 6.63. The number of fused-ring (bicyclic) bond motifs is 2. The van der Waals surface area contributed by atoms with E-state index in [4.69, 9.17) is 4.74 Å². The third kappa shape index (κ3) is 1.50. The van der Waals surface area contributed by atoms with Gasteiger partial charge >= 0.3 is 5.97 Å². The second kappa shape index (κ2) is 3.47. The summed E-state index contributed by atoms with van der Waals surface area (Å²) in [6, 6.07) is 0. The maximum absolute atomic E-state index is 11.6. The Kier molecular flexibility index (Phi) is 2.26. The molecule has 0 bridgehead atoms. The minimum Gasteiger partial charge on any atom is -0.431 e. The van der Waals surface area contributed by atoms with Crippen molar-refractivity contribution in [1.82, 2.24) is 0 Å². The molecule has 2 heteroatoms. The lowest BCUT2D eigenvalue weighted by Gasteiger charge is -2.45. The molecule has 2 fully saturated rings. The Labute approximate surface area is 103 Å². The molecule has 0 aromatic heterocycles. The third-order valence-electron chi connectivity index (χ3n) is 5.02. The smallest absolute Gasteiger partial charge is 0.314 e. The van der Waals surface area contributed by atoms with Crippen LogP contribution < -0.4 is 0 Å². The first kappa shape index (κ1) is 11.1. The van der Waals surface area contributed by atoms with Crippen molar-refractivity contribution in [3.05, 3.63) is 24.0 Å². The Bertz CT molecular complexity index is 421. The standard InChI is InChI=1S/C15H20O2/c1-9-5-4-6-15(3)8-13-11(7-12(9)15)10(2)14(16)17-13/h8,10-12H,1,4-7H2,2-3H3/t10-,11-,12+,15+/m0/s1. The van der Waals surface area contributed by atoms with Crippen LogP contribution in [-0.2, 0) is 9.53 Å². The van der Waals surface area contributed by atoms with Gasteiger partial charge in [-0.2, -0.15) is 0 Å². The maximum atomic E-state index is 11.6. The van der Waals surface area contributed by atoms with E-state index >= 15 is 0 Å². The topological polar surface area (TPSA) is 26.3 Å². The first-order chi connectivity index (χ1) is 8.01. The molecule has 0 unspecified atom stereocenters. The molecule has 4 atom stereocenters. The van der Waals surface area contributed by atoms with E-state index in [1.54, 1.807) is 0 Å². The van der Waals surface area contributed by atoms with Gasteiger partial charge in [-0.3, -0.25) is 4.79 Å². The number of carbonyl (C=O) groups is 1. The molecule has 2 aliphatic carbocycles. The van der Waals surface area contributed by atoms with E-state index < -0.39 is 0 Å². The highest BCUT2D eigenvalue weighted by Gasteiger charge is 2.49. The SMILES string of the molecule is C=C1CCC[C@]2(C)C=C3OC(=O)[C@@H](C)[C@@H]3C[C@H]12. The van der Waals surface area contributed by atoms with Crippen molar-refractivity contribution in [2.45, 2.75) is 39.5 Å². The molecule has 0 N–H and O–H groups in total. The van der Waals surface area contributed by atoms with Gasteiger partial charge < -0.3 is 4.74 Å². The summed E-state index contributed by atoms with van der Waals surface area (Å²) in [5.41, 5.74) is 1.55. The van der Waals surface area contributed by atoms with Crippen LogP contribution in [0, 0.1) is 23.2 Å². The van der Waals surface area contributed by atoms with E-state index in [1.807, 2.05) is 6.92 Å². The van der Waals surface area contributed by atoms with Gasteiger partial charge in [0.15, 0.2) is 0 Å². The number of ether oxygens (including phenoxy) is 1. The van der Waals surface area contributed by atoms with Gasteiger partial charge in [-0.05, 0) is 43.1 Å². The van der Waals surface area contributed by atoms with Gasteiger partial charge in [0.2, 0.25) is 0 Å². The fourth-order valence-electron chi connectivity index (χ4n) is 3.85. The maximum Gasteiger partial charge on any atom is 0.314 e. The van der Waals surface area contributed by atoms with Crippen LogP contribution in [0.3, 0.4) is 0 Å². The van der Waals surface area contributed by atoms with Crippen molar-refractivity contribution in [3.63, 3.8) is 0 Å². The van der Waals surface area contributed by atoms with Crippen molar-refractivity contribution in [2.24, 2.45) is 23.2 Å². The lowest BCUT2D eigenvalue weighted by atomic mass is 9.59. The second-order valence-electron chi connectivity index (χ2n) is 6.17. The largest absolute Gasteiger partial charge is 0.431 e. The fourth-order valence-corrected chi connectivity index (χ4v) is 3.85. The van der Waals surface area contributed by atoms with Crippen molar-refractivity contribution >= 4 is 5.97 Å².